The number of H-pyrrole nitrogens is 1. The fourth-order valence-electron chi connectivity index (χ4n) is 3.54. The van der Waals surface area contributed by atoms with Crippen molar-refractivity contribution in [2.75, 3.05) is 6.54 Å². The van der Waals surface area contributed by atoms with E-state index in [4.69, 9.17) is 11.6 Å². The van der Waals surface area contributed by atoms with Gasteiger partial charge in [-0.2, -0.15) is 0 Å². The van der Waals surface area contributed by atoms with E-state index in [1.807, 2.05) is 30.2 Å². The van der Waals surface area contributed by atoms with Crippen molar-refractivity contribution in [2.45, 2.75) is 59.4 Å². The predicted octanol–water partition coefficient (Wildman–Crippen LogP) is 5.19. The molecular formula is C22H30ClN3O. The third-order valence-corrected chi connectivity index (χ3v) is 6.02. The minimum Gasteiger partial charge on any atom is -0.344 e. The molecule has 0 saturated carbocycles. The molecule has 0 radical (unpaired) electrons. The SMILES string of the molecule is CC(C(=O)N1CCCC1c1ncc(CCc2ccc(Cl)cc2)[nH]1)C(C)(C)C. The summed E-state index contributed by atoms with van der Waals surface area (Å²) >= 11 is 5.95. The fraction of sp³-hybridized carbons (Fsp3) is 0.545. The number of benzene rings is 1. The molecule has 5 heteroatoms. The fourth-order valence-corrected chi connectivity index (χ4v) is 3.66. The van der Waals surface area contributed by atoms with Gasteiger partial charge in [0.05, 0.1) is 6.04 Å². The Kier molecular flexibility index (Phi) is 5.95. The van der Waals surface area contributed by atoms with Crippen molar-refractivity contribution < 1.29 is 4.79 Å². The zero-order valence-corrected chi connectivity index (χ0v) is 17.5. The molecule has 2 aromatic rings. The highest BCUT2D eigenvalue weighted by molar-refractivity contribution is 6.30. The Labute approximate surface area is 167 Å². The number of nitrogens with one attached hydrogen (secondary N) is 1. The number of likely N-dealkylation sites (tertiary alicyclic amines) is 1. The Bertz CT molecular complexity index is 776. The average molecular weight is 388 g/mol. The van der Waals surface area contributed by atoms with Crippen molar-refractivity contribution in [1.82, 2.24) is 14.9 Å². The summed E-state index contributed by atoms with van der Waals surface area (Å²) in [5, 5.41) is 0.762. The summed E-state index contributed by atoms with van der Waals surface area (Å²) in [4.78, 5) is 23.1. The van der Waals surface area contributed by atoms with E-state index in [9.17, 15) is 4.79 Å². The van der Waals surface area contributed by atoms with Crippen LogP contribution in [0, 0.1) is 11.3 Å². The molecule has 1 saturated heterocycles. The van der Waals surface area contributed by atoms with E-state index in [2.05, 4.69) is 42.9 Å². The van der Waals surface area contributed by atoms with Crippen LogP contribution in [0.25, 0.3) is 0 Å². The molecule has 0 spiro atoms. The molecule has 0 bridgehead atoms. The van der Waals surface area contributed by atoms with E-state index in [0.717, 1.165) is 48.8 Å². The number of aryl methyl sites for hydroxylation is 2. The van der Waals surface area contributed by atoms with E-state index >= 15 is 0 Å². The van der Waals surface area contributed by atoms with Gasteiger partial charge in [-0.1, -0.05) is 51.4 Å². The first-order chi connectivity index (χ1) is 12.8. The molecule has 1 aromatic heterocycles. The summed E-state index contributed by atoms with van der Waals surface area (Å²) in [6.45, 7) is 9.25. The smallest absolute Gasteiger partial charge is 0.226 e. The Balaban J connectivity index is 1.66. The number of carbonyl (C=O) groups excluding carboxylic acids is 1. The highest BCUT2D eigenvalue weighted by atomic mass is 35.5. The summed E-state index contributed by atoms with van der Waals surface area (Å²) in [5.41, 5.74) is 2.34. The lowest BCUT2D eigenvalue weighted by Crippen LogP contribution is -2.39. The lowest BCUT2D eigenvalue weighted by Gasteiger charge is -2.32. The predicted molar refractivity (Wildman–Crippen MR) is 110 cm³/mol. The minimum atomic E-state index is -0.0306. The summed E-state index contributed by atoms with van der Waals surface area (Å²) in [6.07, 6.45) is 5.76. The molecule has 2 unspecified atom stereocenters. The number of hydrogen-bond donors (Lipinski definition) is 1. The monoisotopic (exact) mass is 387 g/mol. The summed E-state index contributed by atoms with van der Waals surface area (Å²) in [7, 11) is 0. The van der Waals surface area contributed by atoms with Gasteiger partial charge in [0, 0.05) is 29.4 Å². The third-order valence-electron chi connectivity index (χ3n) is 5.77. The molecular weight excluding hydrogens is 358 g/mol. The molecule has 27 heavy (non-hydrogen) atoms. The van der Waals surface area contributed by atoms with Crippen molar-refractivity contribution in [3.05, 3.63) is 52.6 Å². The number of rotatable bonds is 5. The molecule has 1 amide bonds. The van der Waals surface area contributed by atoms with Gasteiger partial charge in [-0.25, -0.2) is 4.98 Å². The zero-order valence-electron chi connectivity index (χ0n) is 16.8. The first-order valence-electron chi connectivity index (χ1n) is 9.84. The van der Waals surface area contributed by atoms with E-state index in [-0.39, 0.29) is 23.3 Å². The van der Waals surface area contributed by atoms with Gasteiger partial charge in [0.1, 0.15) is 5.82 Å². The number of aromatic nitrogens is 2. The third kappa shape index (κ3) is 4.73. The first kappa shape index (κ1) is 19.9. The van der Waals surface area contributed by atoms with Crippen molar-refractivity contribution in [2.24, 2.45) is 11.3 Å². The van der Waals surface area contributed by atoms with E-state index in [1.165, 1.54) is 5.56 Å². The van der Waals surface area contributed by atoms with E-state index < -0.39 is 0 Å². The lowest BCUT2D eigenvalue weighted by atomic mass is 9.81. The zero-order chi connectivity index (χ0) is 19.6. The number of hydrogen-bond acceptors (Lipinski definition) is 2. The Morgan fingerprint density at radius 2 is 2.00 bits per heavy atom. The molecule has 146 valence electrons. The number of halogens is 1. The molecule has 1 fully saturated rings. The van der Waals surface area contributed by atoms with Crippen molar-refractivity contribution >= 4 is 17.5 Å². The molecule has 1 aliphatic heterocycles. The molecule has 2 atom stereocenters. The van der Waals surface area contributed by atoms with Gasteiger partial charge in [-0.05, 0) is 48.8 Å². The van der Waals surface area contributed by atoms with Crippen LogP contribution in [-0.2, 0) is 17.6 Å². The molecule has 2 heterocycles. The Morgan fingerprint density at radius 3 is 2.67 bits per heavy atom. The second kappa shape index (κ2) is 8.05. The lowest BCUT2D eigenvalue weighted by molar-refractivity contribution is -0.139. The maximum absolute atomic E-state index is 13.0. The molecule has 3 rings (SSSR count). The van der Waals surface area contributed by atoms with E-state index in [1.54, 1.807) is 0 Å². The standard InChI is InChI=1S/C22H30ClN3O/c1-15(22(2,3)4)21(27)26-13-5-6-19(26)20-24-14-18(25-20)12-9-16-7-10-17(23)11-8-16/h7-8,10-11,14-15,19H,5-6,9,12-13H2,1-4H3,(H,24,25). The topological polar surface area (TPSA) is 49.0 Å². The van der Waals surface area contributed by atoms with Gasteiger partial charge < -0.3 is 9.88 Å². The summed E-state index contributed by atoms with van der Waals surface area (Å²) in [6, 6.07) is 8.04. The molecule has 1 aliphatic rings. The quantitative estimate of drug-likeness (QED) is 0.766. The van der Waals surface area contributed by atoms with Crippen LogP contribution >= 0.6 is 11.6 Å². The van der Waals surface area contributed by atoms with Gasteiger partial charge >= 0.3 is 0 Å². The van der Waals surface area contributed by atoms with Crippen LogP contribution in [0.1, 0.15) is 63.7 Å². The van der Waals surface area contributed by atoms with Gasteiger partial charge in [-0.3, -0.25) is 4.79 Å². The number of amides is 1. The van der Waals surface area contributed by atoms with Crippen LogP contribution in [0.5, 0.6) is 0 Å². The maximum Gasteiger partial charge on any atom is 0.226 e. The van der Waals surface area contributed by atoms with Crippen molar-refractivity contribution in [3.8, 4) is 0 Å². The van der Waals surface area contributed by atoms with Crippen LogP contribution < -0.4 is 0 Å². The highest BCUT2D eigenvalue weighted by Gasteiger charge is 2.37. The van der Waals surface area contributed by atoms with Crippen LogP contribution in [0.4, 0.5) is 0 Å². The van der Waals surface area contributed by atoms with Gasteiger partial charge in [0.2, 0.25) is 5.91 Å². The van der Waals surface area contributed by atoms with Crippen LogP contribution in [0.15, 0.2) is 30.5 Å². The minimum absolute atomic E-state index is 0.00237. The van der Waals surface area contributed by atoms with Crippen molar-refractivity contribution in [3.63, 3.8) is 0 Å². The number of aromatic amines is 1. The largest absolute Gasteiger partial charge is 0.344 e. The van der Waals surface area contributed by atoms with Gasteiger partial charge in [0.25, 0.3) is 0 Å². The molecule has 1 N–H and O–H groups in total. The second-order valence-electron chi connectivity index (χ2n) is 8.70. The van der Waals surface area contributed by atoms with Crippen LogP contribution in [-0.4, -0.2) is 27.3 Å². The summed E-state index contributed by atoms with van der Waals surface area (Å²) < 4.78 is 0. The highest BCUT2D eigenvalue weighted by Crippen LogP contribution is 2.35. The second-order valence-corrected chi connectivity index (χ2v) is 9.13. The summed E-state index contributed by atoms with van der Waals surface area (Å²) in [5.74, 6) is 1.16. The first-order valence-corrected chi connectivity index (χ1v) is 10.2. The number of imidazole rings is 1. The molecule has 1 aromatic carbocycles. The molecule has 4 nitrogen and oxygen atoms in total. The average Bonchev–Trinajstić information content (AvgIpc) is 3.28. The van der Waals surface area contributed by atoms with Gasteiger partial charge in [-0.15, -0.1) is 0 Å². The maximum atomic E-state index is 13.0. The number of nitrogens with zero attached hydrogens (tertiary/aromatic N) is 2. The van der Waals surface area contributed by atoms with Gasteiger partial charge in [0.15, 0.2) is 0 Å². The van der Waals surface area contributed by atoms with Crippen LogP contribution in [0.3, 0.4) is 0 Å². The Morgan fingerprint density at radius 1 is 1.30 bits per heavy atom. The molecule has 0 aliphatic carbocycles. The number of carbonyl (C=O) groups is 1. The van der Waals surface area contributed by atoms with Crippen LogP contribution in [0.2, 0.25) is 5.02 Å². The van der Waals surface area contributed by atoms with E-state index in [0.29, 0.717) is 0 Å². The van der Waals surface area contributed by atoms with Crippen molar-refractivity contribution in [1.29, 1.82) is 0 Å². The Hall–Kier alpha value is -1.81. The normalized spacial score (nSPS) is 18.7.